The molecule has 1 saturated heterocycles. The minimum Gasteiger partial charge on any atom is -0.379 e. The van der Waals surface area contributed by atoms with E-state index in [2.05, 4.69) is 20.7 Å². The van der Waals surface area contributed by atoms with Crippen molar-refractivity contribution in [2.45, 2.75) is 135 Å². The summed E-state index contributed by atoms with van der Waals surface area (Å²) in [6, 6.07) is 10.5. The van der Waals surface area contributed by atoms with Gasteiger partial charge in [-0.15, -0.1) is 0 Å². The number of hydrogen-bond acceptors (Lipinski definition) is 11. The van der Waals surface area contributed by atoms with Gasteiger partial charge in [-0.2, -0.15) is 0 Å². The summed E-state index contributed by atoms with van der Waals surface area (Å²) >= 11 is 0. The van der Waals surface area contributed by atoms with Crippen LogP contribution in [0.1, 0.15) is 86.6 Å². The molecular formula is C48H75N7O10S. The summed E-state index contributed by atoms with van der Waals surface area (Å²) in [5, 5.41) is 8.34. The van der Waals surface area contributed by atoms with Gasteiger partial charge in [0.15, 0.2) is 0 Å². The summed E-state index contributed by atoms with van der Waals surface area (Å²) < 4.78 is 40.8. The summed E-state index contributed by atoms with van der Waals surface area (Å²) in [7, 11) is 3.93. The van der Waals surface area contributed by atoms with E-state index in [-0.39, 0.29) is 59.1 Å². The number of amides is 6. The van der Waals surface area contributed by atoms with Crippen LogP contribution in [0.3, 0.4) is 0 Å². The second-order valence-corrected chi connectivity index (χ2v) is 20.1. The van der Waals surface area contributed by atoms with Crippen molar-refractivity contribution in [1.29, 1.82) is 0 Å². The lowest BCUT2D eigenvalue weighted by Crippen LogP contribution is -2.59. The third-order valence-electron chi connectivity index (χ3n) is 12.6. The Bertz CT molecular complexity index is 2040. The third kappa shape index (κ3) is 14.8. The molecule has 1 fully saturated rings. The number of ether oxygens (including phenoxy) is 2. The maximum Gasteiger partial charge on any atom is 0.264 e. The average Bonchev–Trinajstić information content (AvgIpc) is 3.74. The Morgan fingerprint density at radius 1 is 0.818 bits per heavy atom. The Hall–Kier alpha value is -4.91. The van der Waals surface area contributed by atoms with E-state index in [1.807, 2.05) is 60.5 Å². The van der Waals surface area contributed by atoms with Crippen LogP contribution in [0.25, 0.3) is 0 Å². The first-order valence-corrected chi connectivity index (χ1v) is 24.3. The number of likely N-dealkylation sites (N-methyl/N-ethyl adjacent to an activating group) is 2. The molecule has 0 spiro atoms. The van der Waals surface area contributed by atoms with Crippen LogP contribution in [-0.2, 0) is 54.7 Å². The molecule has 368 valence electrons. The van der Waals surface area contributed by atoms with Crippen LogP contribution in [0.2, 0.25) is 0 Å². The molecule has 6 amide bonds. The first kappa shape index (κ1) is 55.4. The van der Waals surface area contributed by atoms with Gasteiger partial charge in [0.25, 0.3) is 15.9 Å². The summed E-state index contributed by atoms with van der Waals surface area (Å²) in [5.41, 5.74) is 1.04. The number of carbonyl (C=O) groups excluding carboxylic acids is 6. The Morgan fingerprint density at radius 2 is 1.44 bits per heavy atom. The number of methoxy groups -OCH3 is 2. The van der Waals surface area contributed by atoms with Gasteiger partial charge in [-0.05, 0) is 74.5 Å². The van der Waals surface area contributed by atoms with E-state index in [1.54, 1.807) is 54.1 Å². The third-order valence-corrected chi connectivity index (χ3v) is 13.9. The predicted molar refractivity (Wildman–Crippen MR) is 253 cm³/mol. The van der Waals surface area contributed by atoms with E-state index in [9.17, 15) is 37.2 Å². The number of benzene rings is 2. The molecule has 1 aliphatic heterocycles. The maximum absolute atomic E-state index is 14.4. The van der Waals surface area contributed by atoms with E-state index in [4.69, 9.17) is 9.47 Å². The quantitative estimate of drug-likeness (QED) is 0.119. The molecular weight excluding hydrogens is 867 g/mol. The van der Waals surface area contributed by atoms with Crippen LogP contribution in [0.4, 0.5) is 5.69 Å². The minimum absolute atomic E-state index is 0.00531. The zero-order valence-corrected chi connectivity index (χ0v) is 41.9. The van der Waals surface area contributed by atoms with E-state index in [0.29, 0.717) is 37.1 Å². The fourth-order valence-electron chi connectivity index (χ4n) is 8.96. The van der Waals surface area contributed by atoms with Crippen molar-refractivity contribution in [2.24, 2.45) is 23.7 Å². The van der Waals surface area contributed by atoms with Gasteiger partial charge in [0.1, 0.15) is 12.1 Å². The van der Waals surface area contributed by atoms with Crippen molar-refractivity contribution in [3.8, 4) is 0 Å². The fraction of sp³-hybridized carbons (Fsp3) is 0.625. The topological polar surface area (TPSA) is 213 Å². The van der Waals surface area contributed by atoms with Gasteiger partial charge >= 0.3 is 0 Å². The van der Waals surface area contributed by atoms with Crippen molar-refractivity contribution in [1.82, 2.24) is 30.1 Å². The molecule has 0 saturated carbocycles. The Balaban J connectivity index is 1.84. The largest absolute Gasteiger partial charge is 0.379 e. The number of rotatable bonds is 24. The lowest BCUT2D eigenvalue weighted by Gasteiger charge is -2.41. The molecule has 4 N–H and O–H groups in total. The molecule has 66 heavy (non-hydrogen) atoms. The highest BCUT2D eigenvalue weighted by atomic mass is 32.2. The van der Waals surface area contributed by atoms with Crippen molar-refractivity contribution in [3.63, 3.8) is 0 Å². The number of carbonyl (C=O) groups is 6. The predicted octanol–water partition coefficient (Wildman–Crippen LogP) is 3.82. The number of nitrogens with zero attached hydrogens (tertiary/aromatic N) is 3. The van der Waals surface area contributed by atoms with Crippen molar-refractivity contribution >= 4 is 51.2 Å². The monoisotopic (exact) mass is 942 g/mol. The average molecular weight is 942 g/mol. The van der Waals surface area contributed by atoms with Crippen molar-refractivity contribution < 1.29 is 46.7 Å². The second kappa shape index (κ2) is 25.3. The van der Waals surface area contributed by atoms with Gasteiger partial charge < -0.3 is 35.2 Å². The number of anilines is 1. The molecule has 0 bridgehead atoms. The van der Waals surface area contributed by atoms with E-state index >= 15 is 0 Å². The molecule has 9 atom stereocenters. The van der Waals surface area contributed by atoms with Crippen LogP contribution >= 0.6 is 0 Å². The highest BCUT2D eigenvalue weighted by Gasteiger charge is 2.43. The Morgan fingerprint density at radius 3 is 1.95 bits per heavy atom. The first-order valence-electron chi connectivity index (χ1n) is 22.9. The molecule has 1 aliphatic rings. The summed E-state index contributed by atoms with van der Waals surface area (Å²) in [6.07, 6.45) is 0.206. The normalized spacial score (nSPS) is 17.8. The van der Waals surface area contributed by atoms with E-state index in [0.717, 1.165) is 0 Å². The maximum atomic E-state index is 14.4. The number of sulfonamides is 1. The molecule has 3 rings (SSSR count). The van der Waals surface area contributed by atoms with Crippen LogP contribution in [0.5, 0.6) is 0 Å². The summed E-state index contributed by atoms with van der Waals surface area (Å²) in [4.78, 5) is 86.6. The van der Waals surface area contributed by atoms with Gasteiger partial charge in [0.05, 0.1) is 47.6 Å². The SMILES string of the molecule is CC[C@H](C)[C@@H]([C@@H](CC(=O)N1CCC[C@H]1[C@H](OC)[C@@H](C)C(=O)N[C@@H](Cc1ccccc1)C(=O)NS(=O)(=O)c1ccc(NC(C)=O)cc1)OC)N(C)C(=O)[C@@H](NC(=O)[C@H](C(C)C)N(C)C)C(C)C. The molecule has 17 nitrogen and oxygen atoms in total. The zero-order valence-electron chi connectivity index (χ0n) is 41.1. The molecule has 1 heterocycles. The number of nitrogens with one attached hydrogen (secondary N) is 4. The number of hydrogen-bond donors (Lipinski definition) is 4. The van der Waals surface area contributed by atoms with Gasteiger partial charge in [-0.25, -0.2) is 13.1 Å². The summed E-state index contributed by atoms with van der Waals surface area (Å²) in [5.74, 6) is -3.88. The molecule has 0 radical (unpaired) electrons. The van der Waals surface area contributed by atoms with Gasteiger partial charge in [0.2, 0.25) is 29.5 Å². The fourth-order valence-corrected chi connectivity index (χ4v) is 9.98. The highest BCUT2D eigenvalue weighted by molar-refractivity contribution is 7.90. The van der Waals surface area contributed by atoms with Crippen LogP contribution in [0, 0.1) is 23.7 Å². The second-order valence-electron chi connectivity index (χ2n) is 18.4. The van der Waals surface area contributed by atoms with Gasteiger partial charge in [-0.1, -0.05) is 85.2 Å². The minimum atomic E-state index is -4.39. The molecule has 2 aromatic rings. The summed E-state index contributed by atoms with van der Waals surface area (Å²) in [6.45, 7) is 15.0. The molecule has 2 aromatic carbocycles. The zero-order chi connectivity index (χ0) is 49.6. The van der Waals surface area contributed by atoms with Gasteiger partial charge in [-0.3, -0.25) is 33.7 Å². The highest BCUT2D eigenvalue weighted by Crippen LogP contribution is 2.30. The lowest BCUT2D eigenvalue weighted by atomic mass is 9.89. The van der Waals surface area contributed by atoms with Crippen LogP contribution < -0.4 is 20.7 Å². The van der Waals surface area contributed by atoms with Crippen LogP contribution in [-0.4, -0.2) is 143 Å². The van der Waals surface area contributed by atoms with Gasteiger partial charge in [0, 0.05) is 46.8 Å². The Labute approximate surface area is 392 Å². The molecule has 0 aliphatic carbocycles. The standard InChI is InChI=1S/C48H75N7O10S/c1-14-31(6)43(54(11)48(61)41(29(2)3)51-47(60)42(30(4)5)53(9)10)39(64-12)28-40(57)55-26-18-21-38(55)44(65-13)32(7)45(58)50-37(27-34-19-16-15-17-20-34)46(59)52-66(62,63)36-24-22-35(23-25-36)49-33(8)56/h15-17,19-20,22-25,29-32,37-39,41-44H,14,18,21,26-28H2,1-13H3,(H,49,56)(H,50,58)(H,51,60)(H,52,59)/t31-,32+,37-,38-,39+,41-,42-,43-,44+/m0/s1. The van der Waals surface area contributed by atoms with E-state index < -0.39 is 70.2 Å². The van der Waals surface area contributed by atoms with Crippen molar-refractivity contribution in [2.75, 3.05) is 47.2 Å². The lowest BCUT2D eigenvalue weighted by molar-refractivity contribution is -0.148. The smallest absolute Gasteiger partial charge is 0.264 e. The first-order chi connectivity index (χ1) is 31.0. The van der Waals surface area contributed by atoms with E-state index in [1.165, 1.54) is 45.4 Å². The van der Waals surface area contributed by atoms with Crippen LogP contribution in [0.15, 0.2) is 59.5 Å². The Kier molecular flexibility index (Phi) is 21.2. The molecule has 18 heteroatoms. The van der Waals surface area contributed by atoms with Crippen molar-refractivity contribution in [3.05, 3.63) is 60.2 Å². The number of likely N-dealkylation sites (tertiary alicyclic amines) is 1. The molecule has 0 unspecified atom stereocenters. The molecule has 0 aromatic heterocycles.